The molecule has 1 aliphatic rings. The van der Waals surface area contributed by atoms with Crippen LogP contribution in [0.5, 0.6) is 0 Å². The van der Waals surface area contributed by atoms with Gasteiger partial charge in [-0.1, -0.05) is 17.7 Å². The van der Waals surface area contributed by atoms with E-state index in [4.69, 9.17) is 9.47 Å². The molecule has 0 spiro atoms. The van der Waals surface area contributed by atoms with Gasteiger partial charge in [-0.25, -0.2) is 9.69 Å². The number of hydrogen-bond acceptors (Lipinski definition) is 4. The first-order chi connectivity index (χ1) is 11.7. The number of carbonyl (C=O) groups excluding carboxylic acids is 1. The Balaban J connectivity index is 2.46. The number of anilines is 1. The molecule has 0 N–H and O–H groups in total. The van der Waals surface area contributed by atoms with Gasteiger partial charge >= 0.3 is 6.09 Å². The van der Waals surface area contributed by atoms with Crippen molar-refractivity contribution in [3.63, 3.8) is 0 Å². The average molecular weight is 570 g/mol. The van der Waals surface area contributed by atoms with E-state index < -0.39 is 5.60 Å². The van der Waals surface area contributed by atoms with Crippen molar-refractivity contribution >= 4 is 57.0 Å². The maximum absolute atomic E-state index is 13.0. The van der Waals surface area contributed by atoms with E-state index >= 15 is 0 Å². The van der Waals surface area contributed by atoms with Crippen LogP contribution in [0.25, 0.3) is 0 Å². The summed E-state index contributed by atoms with van der Waals surface area (Å²) in [4.78, 5) is 16.9. The highest BCUT2D eigenvalue weighted by Crippen LogP contribution is 2.32. The maximum atomic E-state index is 13.0. The van der Waals surface area contributed by atoms with Crippen molar-refractivity contribution in [3.8, 4) is 0 Å². The quantitative estimate of drug-likeness (QED) is 0.477. The normalized spacial score (nSPS) is 14.9. The molecule has 25 heavy (non-hydrogen) atoms. The molecule has 1 aliphatic heterocycles. The topological polar surface area (TPSA) is 42.0 Å². The molecule has 138 valence electrons. The summed E-state index contributed by atoms with van der Waals surface area (Å²) in [6.07, 6.45) is -0.372. The molecule has 0 radical (unpaired) electrons. The monoisotopic (exact) mass is 570 g/mol. The van der Waals surface area contributed by atoms with Crippen LogP contribution in [0, 0.1) is 6.92 Å². The molecule has 7 heteroatoms. The molecule has 1 saturated heterocycles. The highest BCUT2D eigenvalue weighted by atomic mass is 127. The zero-order chi connectivity index (χ0) is 18.6. The molecule has 1 fully saturated rings. The van der Waals surface area contributed by atoms with Crippen LogP contribution in [-0.2, 0) is 9.47 Å². The Morgan fingerprint density at radius 3 is 2.20 bits per heavy atom. The Bertz CT molecular complexity index is 629. The maximum Gasteiger partial charge on any atom is 0.420 e. The molecular formula is C18H24I2N2O3. The molecule has 1 aromatic rings. The summed E-state index contributed by atoms with van der Waals surface area (Å²) in [7, 11) is 0. The fourth-order valence-corrected chi connectivity index (χ4v) is 3.60. The van der Waals surface area contributed by atoms with E-state index in [0.717, 1.165) is 31.7 Å². The Labute approximate surface area is 177 Å². The average Bonchev–Trinajstić information content (AvgIpc) is 2.52. The molecule has 0 aromatic heterocycles. The summed E-state index contributed by atoms with van der Waals surface area (Å²) in [6.45, 7) is 10.5. The van der Waals surface area contributed by atoms with E-state index in [0.29, 0.717) is 13.2 Å². The van der Waals surface area contributed by atoms with E-state index in [2.05, 4.69) is 50.1 Å². The van der Waals surface area contributed by atoms with E-state index in [9.17, 15) is 4.79 Å². The summed E-state index contributed by atoms with van der Waals surface area (Å²) in [5.41, 5.74) is 1.38. The van der Waals surface area contributed by atoms with Crippen LogP contribution in [0.15, 0.2) is 31.7 Å². The van der Waals surface area contributed by atoms with Crippen molar-refractivity contribution in [3.05, 3.63) is 37.2 Å². The fourth-order valence-electron chi connectivity index (χ4n) is 2.44. The molecule has 0 atom stereocenters. The highest BCUT2D eigenvalue weighted by molar-refractivity contribution is 14.2. The predicted octanol–water partition coefficient (Wildman–Crippen LogP) is 5.07. The molecule has 0 unspecified atom stereocenters. The van der Waals surface area contributed by atoms with Crippen LogP contribution in [0.3, 0.4) is 0 Å². The van der Waals surface area contributed by atoms with Gasteiger partial charge < -0.3 is 14.4 Å². The fraction of sp³-hybridized carbons (Fsp3) is 0.500. The number of halogens is 2. The molecule has 1 amide bonds. The largest absolute Gasteiger partial charge is 0.443 e. The van der Waals surface area contributed by atoms with Gasteiger partial charge in [0.2, 0.25) is 0 Å². The lowest BCUT2D eigenvalue weighted by atomic mass is 10.2. The summed E-state index contributed by atoms with van der Waals surface area (Å²) >= 11 is 4.52. The third kappa shape index (κ3) is 5.99. The number of aryl methyl sites for hydroxylation is 1. The van der Waals surface area contributed by atoms with E-state index in [1.807, 2.05) is 52.0 Å². The van der Waals surface area contributed by atoms with E-state index in [-0.39, 0.29) is 6.09 Å². The standard InChI is InChI=1S/C18H24I2N2O3/c1-13-5-7-14(8-6-13)22(17(23)25-18(2,3)4)16(15(19)20)21-9-11-24-12-10-21/h5-8H,9-12H2,1-4H3. The van der Waals surface area contributed by atoms with Crippen molar-refractivity contribution < 1.29 is 14.3 Å². The van der Waals surface area contributed by atoms with Crippen LogP contribution >= 0.6 is 45.2 Å². The number of nitrogens with zero attached hydrogens (tertiary/aromatic N) is 2. The van der Waals surface area contributed by atoms with Gasteiger partial charge in [0, 0.05) is 13.1 Å². The zero-order valence-corrected chi connectivity index (χ0v) is 19.3. The summed E-state index contributed by atoms with van der Waals surface area (Å²) in [5.74, 6) is 0.850. The number of benzene rings is 1. The molecule has 0 saturated carbocycles. The second-order valence-electron chi connectivity index (χ2n) is 6.83. The summed E-state index contributed by atoms with van der Waals surface area (Å²) in [5, 5.41) is 0. The first kappa shape index (κ1) is 20.8. The first-order valence-electron chi connectivity index (χ1n) is 8.17. The molecule has 2 rings (SSSR count). The highest BCUT2D eigenvalue weighted by Gasteiger charge is 2.31. The van der Waals surface area contributed by atoms with Crippen molar-refractivity contribution in [2.24, 2.45) is 0 Å². The van der Waals surface area contributed by atoms with Crippen LogP contribution in [0.2, 0.25) is 0 Å². The molecule has 1 aromatic carbocycles. The Morgan fingerprint density at radius 1 is 1.16 bits per heavy atom. The van der Waals surface area contributed by atoms with Crippen LogP contribution < -0.4 is 4.90 Å². The zero-order valence-electron chi connectivity index (χ0n) is 15.0. The van der Waals surface area contributed by atoms with Gasteiger partial charge in [0.1, 0.15) is 11.4 Å². The second kappa shape index (κ2) is 8.90. The van der Waals surface area contributed by atoms with Crippen molar-refractivity contribution in [1.82, 2.24) is 4.90 Å². The predicted molar refractivity (Wildman–Crippen MR) is 117 cm³/mol. The summed E-state index contributed by atoms with van der Waals surface area (Å²) in [6, 6.07) is 7.92. The van der Waals surface area contributed by atoms with Crippen molar-refractivity contribution in [1.29, 1.82) is 0 Å². The molecule has 5 nitrogen and oxygen atoms in total. The molecule has 0 aliphatic carbocycles. The summed E-state index contributed by atoms with van der Waals surface area (Å²) < 4.78 is 12.2. The minimum absolute atomic E-state index is 0.372. The Morgan fingerprint density at radius 2 is 1.72 bits per heavy atom. The van der Waals surface area contributed by atoms with Gasteiger partial charge in [-0.3, -0.25) is 0 Å². The number of morpholine rings is 1. The van der Waals surface area contributed by atoms with Gasteiger partial charge in [0.25, 0.3) is 0 Å². The van der Waals surface area contributed by atoms with Gasteiger partial charge in [-0.15, -0.1) is 0 Å². The first-order valence-corrected chi connectivity index (χ1v) is 10.3. The smallest absolute Gasteiger partial charge is 0.420 e. The number of rotatable bonds is 3. The minimum atomic E-state index is -0.563. The SMILES string of the molecule is Cc1ccc(N(C(=O)OC(C)(C)C)C(=C(I)I)N2CCOCC2)cc1. The Kier molecular flexibility index (Phi) is 7.39. The molecule has 1 heterocycles. The van der Waals surface area contributed by atoms with Crippen LogP contribution in [0.4, 0.5) is 10.5 Å². The lowest BCUT2D eigenvalue weighted by Crippen LogP contribution is -2.46. The third-order valence-electron chi connectivity index (χ3n) is 3.56. The number of amides is 1. The van der Waals surface area contributed by atoms with Gasteiger partial charge in [0.15, 0.2) is 0 Å². The van der Waals surface area contributed by atoms with Crippen LogP contribution in [0.1, 0.15) is 26.3 Å². The molecule has 0 bridgehead atoms. The lowest BCUT2D eigenvalue weighted by molar-refractivity contribution is 0.0445. The number of carbonyl (C=O) groups is 1. The second-order valence-corrected chi connectivity index (χ2v) is 11.1. The van der Waals surface area contributed by atoms with Gasteiger partial charge in [-0.05, 0) is 85.0 Å². The minimum Gasteiger partial charge on any atom is -0.443 e. The van der Waals surface area contributed by atoms with E-state index in [1.54, 1.807) is 4.90 Å². The van der Waals surface area contributed by atoms with Gasteiger partial charge in [0.05, 0.1) is 20.5 Å². The number of hydrogen-bond donors (Lipinski definition) is 0. The van der Waals surface area contributed by atoms with Crippen molar-refractivity contribution in [2.45, 2.75) is 33.3 Å². The van der Waals surface area contributed by atoms with Crippen molar-refractivity contribution in [2.75, 3.05) is 31.2 Å². The molecular weight excluding hydrogens is 546 g/mol. The Hall–Kier alpha value is -0.550. The number of ether oxygens (including phenoxy) is 2. The van der Waals surface area contributed by atoms with Gasteiger partial charge in [-0.2, -0.15) is 0 Å². The van der Waals surface area contributed by atoms with E-state index in [1.165, 1.54) is 0 Å². The third-order valence-corrected chi connectivity index (χ3v) is 4.52. The van der Waals surface area contributed by atoms with Crippen LogP contribution in [-0.4, -0.2) is 42.9 Å². The lowest BCUT2D eigenvalue weighted by Gasteiger charge is -2.37.